The lowest BCUT2D eigenvalue weighted by molar-refractivity contribution is 0.0654. The summed E-state index contributed by atoms with van der Waals surface area (Å²) in [7, 11) is 1.58. The molecule has 2 heterocycles. The molecule has 0 radical (unpaired) electrons. The summed E-state index contributed by atoms with van der Waals surface area (Å²) in [5.74, 6) is -0.179. The summed E-state index contributed by atoms with van der Waals surface area (Å²) in [6.07, 6.45) is 1.56. The van der Waals surface area contributed by atoms with Crippen molar-refractivity contribution in [1.82, 2.24) is 19.5 Å². The molecule has 2 aromatic heterocycles. The number of aliphatic hydroxyl groups excluding tert-OH is 1. The SMILES string of the molecule is COCCN(CCO)C(=O)c1cnc2cc(C)nn2c1C. The van der Waals surface area contributed by atoms with Crippen molar-refractivity contribution >= 4 is 11.6 Å². The highest BCUT2D eigenvalue weighted by molar-refractivity contribution is 5.95. The van der Waals surface area contributed by atoms with Crippen LogP contribution in [0.15, 0.2) is 12.3 Å². The molecule has 114 valence electrons. The van der Waals surface area contributed by atoms with E-state index in [9.17, 15) is 4.79 Å². The molecule has 0 aliphatic rings. The number of aliphatic hydroxyl groups is 1. The number of fused-ring (bicyclic) bond motifs is 1. The molecule has 1 amide bonds. The number of carbonyl (C=O) groups excluding carboxylic acids is 1. The maximum absolute atomic E-state index is 12.6. The topological polar surface area (TPSA) is 80.0 Å². The van der Waals surface area contributed by atoms with E-state index in [-0.39, 0.29) is 19.1 Å². The van der Waals surface area contributed by atoms with Crippen LogP contribution in [0.5, 0.6) is 0 Å². The lowest BCUT2D eigenvalue weighted by atomic mass is 10.2. The number of rotatable bonds is 6. The van der Waals surface area contributed by atoms with Gasteiger partial charge in [-0.3, -0.25) is 4.79 Å². The maximum atomic E-state index is 12.6. The summed E-state index contributed by atoms with van der Waals surface area (Å²) in [6, 6.07) is 1.86. The van der Waals surface area contributed by atoms with Gasteiger partial charge in [0.05, 0.1) is 30.2 Å². The van der Waals surface area contributed by atoms with E-state index < -0.39 is 0 Å². The van der Waals surface area contributed by atoms with Gasteiger partial charge in [0.15, 0.2) is 5.65 Å². The second kappa shape index (κ2) is 6.64. The van der Waals surface area contributed by atoms with Crippen molar-refractivity contribution in [3.8, 4) is 0 Å². The van der Waals surface area contributed by atoms with Gasteiger partial charge in [-0.25, -0.2) is 9.50 Å². The number of hydrogen-bond acceptors (Lipinski definition) is 5. The van der Waals surface area contributed by atoms with E-state index in [4.69, 9.17) is 9.84 Å². The molecule has 0 saturated carbocycles. The van der Waals surface area contributed by atoms with Gasteiger partial charge in [-0.1, -0.05) is 0 Å². The van der Waals surface area contributed by atoms with Crippen LogP contribution >= 0.6 is 0 Å². The standard InChI is InChI=1S/C14H20N4O3/c1-10-8-13-15-9-12(11(2)18(13)16-10)14(20)17(4-6-19)5-7-21-3/h8-9,19H,4-7H2,1-3H3. The Labute approximate surface area is 123 Å². The fourth-order valence-electron chi connectivity index (χ4n) is 2.18. The predicted octanol–water partition coefficient (Wildman–Crippen LogP) is 0.427. The molecule has 0 atom stereocenters. The molecule has 0 aromatic carbocycles. The highest BCUT2D eigenvalue weighted by Gasteiger charge is 2.19. The molecular formula is C14H20N4O3. The lowest BCUT2D eigenvalue weighted by Gasteiger charge is -2.22. The van der Waals surface area contributed by atoms with Gasteiger partial charge in [0.25, 0.3) is 5.91 Å². The third-order valence-electron chi connectivity index (χ3n) is 3.30. The molecule has 0 bridgehead atoms. The number of amides is 1. The summed E-state index contributed by atoms with van der Waals surface area (Å²) in [5.41, 5.74) is 2.78. The first-order valence-electron chi connectivity index (χ1n) is 6.79. The van der Waals surface area contributed by atoms with Gasteiger partial charge >= 0.3 is 0 Å². The van der Waals surface area contributed by atoms with Crippen LogP contribution in [0.3, 0.4) is 0 Å². The van der Waals surface area contributed by atoms with Crippen LogP contribution < -0.4 is 0 Å². The Kier molecular flexibility index (Phi) is 4.87. The number of aryl methyl sites for hydroxylation is 2. The number of ether oxygens (including phenoxy) is 1. The first kappa shape index (κ1) is 15.4. The summed E-state index contributed by atoms with van der Waals surface area (Å²) in [5, 5.41) is 13.4. The average molecular weight is 292 g/mol. The third kappa shape index (κ3) is 3.20. The molecule has 0 unspecified atom stereocenters. The van der Waals surface area contributed by atoms with Crippen molar-refractivity contribution in [2.45, 2.75) is 13.8 Å². The number of aromatic nitrogens is 3. The number of carbonyl (C=O) groups is 1. The smallest absolute Gasteiger partial charge is 0.257 e. The summed E-state index contributed by atoms with van der Waals surface area (Å²) in [6.45, 7) is 4.73. The molecule has 0 fully saturated rings. The first-order valence-corrected chi connectivity index (χ1v) is 6.79. The number of hydrogen-bond donors (Lipinski definition) is 1. The Balaban J connectivity index is 2.34. The van der Waals surface area contributed by atoms with Crippen molar-refractivity contribution in [3.63, 3.8) is 0 Å². The number of methoxy groups -OCH3 is 1. The molecule has 2 rings (SSSR count). The Morgan fingerprint density at radius 2 is 2.19 bits per heavy atom. The highest BCUT2D eigenvalue weighted by Crippen LogP contribution is 2.13. The van der Waals surface area contributed by atoms with Gasteiger partial charge in [0.2, 0.25) is 0 Å². The Bertz CT molecular complexity index is 638. The molecule has 0 spiro atoms. The van der Waals surface area contributed by atoms with Gasteiger partial charge in [0, 0.05) is 32.5 Å². The summed E-state index contributed by atoms with van der Waals surface area (Å²) in [4.78, 5) is 18.4. The van der Waals surface area contributed by atoms with Crippen LogP contribution in [-0.2, 0) is 4.74 Å². The summed E-state index contributed by atoms with van der Waals surface area (Å²) < 4.78 is 6.66. The third-order valence-corrected chi connectivity index (χ3v) is 3.30. The van der Waals surface area contributed by atoms with Crippen molar-refractivity contribution in [3.05, 3.63) is 29.2 Å². The fraction of sp³-hybridized carbons (Fsp3) is 0.500. The minimum atomic E-state index is -0.179. The van der Waals surface area contributed by atoms with E-state index in [1.807, 2.05) is 19.9 Å². The molecule has 7 nitrogen and oxygen atoms in total. The average Bonchev–Trinajstić information content (AvgIpc) is 2.85. The fourth-order valence-corrected chi connectivity index (χ4v) is 2.18. The summed E-state index contributed by atoms with van der Waals surface area (Å²) >= 11 is 0. The lowest BCUT2D eigenvalue weighted by Crippen LogP contribution is -2.36. The molecular weight excluding hydrogens is 272 g/mol. The first-order chi connectivity index (χ1) is 10.1. The normalized spacial score (nSPS) is 11.0. The molecule has 7 heteroatoms. The van der Waals surface area contributed by atoms with Gasteiger partial charge in [-0.15, -0.1) is 0 Å². The van der Waals surface area contributed by atoms with E-state index in [1.165, 1.54) is 0 Å². The van der Waals surface area contributed by atoms with Gasteiger partial charge in [0.1, 0.15) is 0 Å². The zero-order chi connectivity index (χ0) is 15.4. The monoisotopic (exact) mass is 292 g/mol. The quantitative estimate of drug-likeness (QED) is 0.835. The van der Waals surface area contributed by atoms with E-state index in [0.29, 0.717) is 24.4 Å². The second-order valence-corrected chi connectivity index (χ2v) is 4.82. The Morgan fingerprint density at radius 1 is 1.43 bits per heavy atom. The molecule has 21 heavy (non-hydrogen) atoms. The van der Waals surface area contributed by atoms with Crippen LogP contribution in [0.2, 0.25) is 0 Å². The van der Waals surface area contributed by atoms with Gasteiger partial charge in [-0.05, 0) is 13.8 Å². The van der Waals surface area contributed by atoms with Crippen molar-refractivity contribution in [1.29, 1.82) is 0 Å². The Morgan fingerprint density at radius 3 is 2.86 bits per heavy atom. The van der Waals surface area contributed by atoms with E-state index in [2.05, 4.69) is 10.1 Å². The second-order valence-electron chi connectivity index (χ2n) is 4.82. The Hall–Kier alpha value is -1.99. The van der Waals surface area contributed by atoms with Crippen LogP contribution in [0.1, 0.15) is 21.7 Å². The molecule has 2 aromatic rings. The van der Waals surface area contributed by atoms with E-state index in [0.717, 1.165) is 11.4 Å². The van der Waals surface area contributed by atoms with Crippen molar-refractivity contribution < 1.29 is 14.6 Å². The zero-order valence-corrected chi connectivity index (χ0v) is 12.5. The molecule has 0 aliphatic heterocycles. The number of nitrogens with zero attached hydrogens (tertiary/aromatic N) is 4. The van der Waals surface area contributed by atoms with E-state index >= 15 is 0 Å². The highest BCUT2D eigenvalue weighted by atomic mass is 16.5. The minimum absolute atomic E-state index is 0.0922. The van der Waals surface area contributed by atoms with E-state index in [1.54, 1.807) is 22.7 Å². The minimum Gasteiger partial charge on any atom is -0.395 e. The van der Waals surface area contributed by atoms with Crippen molar-refractivity contribution in [2.75, 3.05) is 33.4 Å². The predicted molar refractivity (Wildman–Crippen MR) is 77.3 cm³/mol. The van der Waals surface area contributed by atoms with Crippen LogP contribution in [-0.4, -0.2) is 63.9 Å². The van der Waals surface area contributed by atoms with Crippen molar-refractivity contribution in [2.24, 2.45) is 0 Å². The van der Waals surface area contributed by atoms with Crippen LogP contribution in [0.25, 0.3) is 5.65 Å². The molecule has 1 N–H and O–H groups in total. The van der Waals surface area contributed by atoms with Gasteiger partial charge in [-0.2, -0.15) is 5.10 Å². The van der Waals surface area contributed by atoms with Crippen LogP contribution in [0.4, 0.5) is 0 Å². The zero-order valence-electron chi connectivity index (χ0n) is 12.5. The largest absolute Gasteiger partial charge is 0.395 e. The van der Waals surface area contributed by atoms with Crippen LogP contribution in [0, 0.1) is 13.8 Å². The van der Waals surface area contributed by atoms with Gasteiger partial charge < -0.3 is 14.7 Å². The molecule has 0 aliphatic carbocycles. The maximum Gasteiger partial charge on any atom is 0.257 e. The molecule has 0 saturated heterocycles.